The summed E-state index contributed by atoms with van der Waals surface area (Å²) in [6.45, 7) is 11.5. The van der Waals surface area contributed by atoms with Gasteiger partial charge in [0, 0.05) is 6.10 Å². The van der Waals surface area contributed by atoms with E-state index in [4.69, 9.17) is 4.43 Å². The summed E-state index contributed by atoms with van der Waals surface area (Å²) in [6, 6.07) is 21.8. The molecule has 0 unspecified atom stereocenters. The van der Waals surface area contributed by atoms with Crippen molar-refractivity contribution in [2.75, 3.05) is 0 Å². The molecular weight excluding hydrogens is 296 g/mol. The van der Waals surface area contributed by atoms with Crippen LogP contribution in [0.3, 0.4) is 0 Å². The van der Waals surface area contributed by atoms with E-state index in [1.807, 2.05) is 0 Å². The monoisotopic (exact) mass is 326 g/mol. The van der Waals surface area contributed by atoms with E-state index in [2.05, 4.69) is 95.3 Å². The Kier molecular flexibility index (Phi) is 5.82. The van der Waals surface area contributed by atoms with Gasteiger partial charge in [-0.15, -0.1) is 0 Å². The molecule has 0 spiro atoms. The SMILES string of the molecule is CCC(CC)O[Si](c1ccccc1)(c1ccccc1)C(C)(C)C. The zero-order valence-electron chi connectivity index (χ0n) is 15.2. The van der Waals surface area contributed by atoms with Gasteiger partial charge in [0.25, 0.3) is 8.32 Å². The van der Waals surface area contributed by atoms with E-state index in [0.29, 0.717) is 6.10 Å². The lowest BCUT2D eigenvalue weighted by atomic mass is 10.2. The molecule has 124 valence electrons. The van der Waals surface area contributed by atoms with Gasteiger partial charge in [-0.2, -0.15) is 0 Å². The van der Waals surface area contributed by atoms with Crippen molar-refractivity contribution >= 4 is 18.7 Å². The standard InChI is InChI=1S/C21H30OSi/c1-6-18(7-2)22-23(21(3,4)5,19-14-10-8-11-15-19)20-16-12-9-13-17-20/h8-18H,6-7H2,1-5H3. The molecule has 23 heavy (non-hydrogen) atoms. The van der Waals surface area contributed by atoms with Gasteiger partial charge in [0.15, 0.2) is 0 Å². The molecule has 0 bridgehead atoms. The molecule has 1 nitrogen and oxygen atoms in total. The van der Waals surface area contributed by atoms with Crippen molar-refractivity contribution in [2.45, 2.75) is 58.6 Å². The van der Waals surface area contributed by atoms with Crippen LogP contribution in [0.1, 0.15) is 47.5 Å². The minimum atomic E-state index is -2.35. The third kappa shape index (κ3) is 3.59. The van der Waals surface area contributed by atoms with E-state index < -0.39 is 8.32 Å². The Balaban J connectivity index is 2.69. The van der Waals surface area contributed by atoms with Crippen molar-refractivity contribution in [1.29, 1.82) is 0 Å². The van der Waals surface area contributed by atoms with E-state index in [1.165, 1.54) is 10.4 Å². The van der Waals surface area contributed by atoms with Crippen molar-refractivity contribution in [1.82, 2.24) is 0 Å². The quantitative estimate of drug-likeness (QED) is 0.696. The molecule has 0 aliphatic heterocycles. The maximum Gasteiger partial charge on any atom is 0.261 e. The van der Waals surface area contributed by atoms with E-state index in [9.17, 15) is 0 Å². The lowest BCUT2D eigenvalue weighted by molar-refractivity contribution is 0.179. The van der Waals surface area contributed by atoms with Crippen LogP contribution in [-0.4, -0.2) is 14.4 Å². The summed E-state index contributed by atoms with van der Waals surface area (Å²) in [5.74, 6) is 0. The van der Waals surface area contributed by atoms with Gasteiger partial charge >= 0.3 is 0 Å². The Bertz CT molecular complexity index is 543. The molecule has 0 atom stereocenters. The summed E-state index contributed by atoms with van der Waals surface area (Å²) in [5, 5.41) is 2.80. The van der Waals surface area contributed by atoms with Crippen LogP contribution < -0.4 is 10.4 Å². The second-order valence-corrected chi connectivity index (χ2v) is 11.5. The highest BCUT2D eigenvalue weighted by Gasteiger charge is 2.50. The molecular formula is C21H30OSi. The second kappa shape index (κ2) is 7.46. The van der Waals surface area contributed by atoms with E-state index >= 15 is 0 Å². The van der Waals surface area contributed by atoms with Crippen molar-refractivity contribution in [3.8, 4) is 0 Å². The predicted molar refractivity (Wildman–Crippen MR) is 103 cm³/mol. The zero-order chi connectivity index (χ0) is 16.9. The maximum atomic E-state index is 7.01. The van der Waals surface area contributed by atoms with Crippen molar-refractivity contribution in [3.63, 3.8) is 0 Å². The Morgan fingerprint density at radius 1 is 0.783 bits per heavy atom. The van der Waals surface area contributed by atoms with E-state index in [1.54, 1.807) is 0 Å². The Labute approximate surface area is 142 Å². The first-order valence-corrected chi connectivity index (χ1v) is 10.7. The summed E-state index contributed by atoms with van der Waals surface area (Å²) >= 11 is 0. The fourth-order valence-corrected chi connectivity index (χ4v) is 8.24. The normalized spacial score (nSPS) is 12.6. The summed E-state index contributed by atoms with van der Waals surface area (Å²) in [4.78, 5) is 0. The van der Waals surface area contributed by atoms with E-state index in [-0.39, 0.29) is 5.04 Å². The molecule has 0 fully saturated rings. The van der Waals surface area contributed by atoms with Gasteiger partial charge in [-0.3, -0.25) is 0 Å². The number of benzene rings is 2. The molecule has 0 radical (unpaired) electrons. The molecule has 2 aromatic carbocycles. The average molecular weight is 327 g/mol. The molecule has 0 amide bonds. The first-order chi connectivity index (χ1) is 11.0. The van der Waals surface area contributed by atoms with Gasteiger partial charge in [-0.05, 0) is 28.3 Å². The largest absolute Gasteiger partial charge is 0.404 e. The van der Waals surface area contributed by atoms with Gasteiger partial charge in [0.05, 0.1) is 0 Å². The van der Waals surface area contributed by atoms with Crippen LogP contribution in [0.4, 0.5) is 0 Å². The third-order valence-electron chi connectivity index (χ3n) is 4.67. The number of rotatable bonds is 6. The van der Waals surface area contributed by atoms with Crippen LogP contribution in [-0.2, 0) is 4.43 Å². The molecule has 0 saturated heterocycles. The molecule has 2 rings (SSSR count). The lowest BCUT2D eigenvalue weighted by Crippen LogP contribution is -2.67. The maximum absolute atomic E-state index is 7.01. The zero-order valence-corrected chi connectivity index (χ0v) is 16.2. The molecule has 0 aromatic heterocycles. The van der Waals surface area contributed by atoms with Crippen LogP contribution in [0, 0.1) is 0 Å². The van der Waals surface area contributed by atoms with Gasteiger partial charge < -0.3 is 4.43 Å². The van der Waals surface area contributed by atoms with Crippen molar-refractivity contribution < 1.29 is 4.43 Å². The molecule has 2 aromatic rings. The highest BCUT2D eigenvalue weighted by atomic mass is 28.4. The number of hydrogen-bond donors (Lipinski definition) is 0. The van der Waals surface area contributed by atoms with Crippen LogP contribution in [0.5, 0.6) is 0 Å². The predicted octanol–water partition coefficient (Wildman–Crippen LogP) is 4.75. The fraction of sp³-hybridized carbons (Fsp3) is 0.429. The van der Waals surface area contributed by atoms with Crippen molar-refractivity contribution in [2.24, 2.45) is 0 Å². The highest BCUT2D eigenvalue weighted by Crippen LogP contribution is 2.38. The second-order valence-electron chi connectivity index (χ2n) is 7.22. The summed E-state index contributed by atoms with van der Waals surface area (Å²) in [7, 11) is -2.35. The summed E-state index contributed by atoms with van der Waals surface area (Å²) in [6.07, 6.45) is 2.42. The van der Waals surface area contributed by atoms with Gasteiger partial charge in [0.1, 0.15) is 0 Å². The molecule has 0 aliphatic rings. The van der Waals surface area contributed by atoms with Crippen LogP contribution >= 0.6 is 0 Å². The van der Waals surface area contributed by atoms with Crippen LogP contribution in [0.15, 0.2) is 60.7 Å². The minimum Gasteiger partial charge on any atom is -0.404 e. The Hall–Kier alpha value is -1.38. The topological polar surface area (TPSA) is 9.23 Å². The van der Waals surface area contributed by atoms with Crippen molar-refractivity contribution in [3.05, 3.63) is 60.7 Å². The van der Waals surface area contributed by atoms with E-state index in [0.717, 1.165) is 12.8 Å². The van der Waals surface area contributed by atoms with Gasteiger partial charge in [0.2, 0.25) is 0 Å². The average Bonchev–Trinajstić information content (AvgIpc) is 2.57. The van der Waals surface area contributed by atoms with Crippen LogP contribution in [0.2, 0.25) is 5.04 Å². The highest BCUT2D eigenvalue weighted by molar-refractivity contribution is 6.99. The smallest absolute Gasteiger partial charge is 0.261 e. The third-order valence-corrected chi connectivity index (χ3v) is 9.76. The number of hydrogen-bond acceptors (Lipinski definition) is 1. The lowest BCUT2D eigenvalue weighted by Gasteiger charge is -2.45. The molecule has 0 saturated carbocycles. The first kappa shape index (κ1) is 18.0. The molecule has 0 N–H and O–H groups in total. The molecule has 0 aliphatic carbocycles. The summed E-state index contributed by atoms with van der Waals surface area (Å²) < 4.78 is 7.01. The van der Waals surface area contributed by atoms with Crippen LogP contribution in [0.25, 0.3) is 0 Å². The Morgan fingerprint density at radius 3 is 1.48 bits per heavy atom. The molecule has 2 heteroatoms. The Morgan fingerprint density at radius 2 is 1.17 bits per heavy atom. The fourth-order valence-electron chi connectivity index (χ4n) is 3.40. The summed E-state index contributed by atoms with van der Waals surface area (Å²) in [5.41, 5.74) is 0. The van der Waals surface area contributed by atoms with Gasteiger partial charge in [-0.1, -0.05) is 95.3 Å². The molecule has 0 heterocycles. The first-order valence-electron chi connectivity index (χ1n) is 8.74. The van der Waals surface area contributed by atoms with Gasteiger partial charge in [-0.25, -0.2) is 0 Å². The minimum absolute atomic E-state index is 0.0678.